The van der Waals surface area contributed by atoms with Gasteiger partial charge in [-0.05, 0) is 48.8 Å². The highest BCUT2D eigenvalue weighted by molar-refractivity contribution is 5.53. The van der Waals surface area contributed by atoms with Crippen molar-refractivity contribution < 1.29 is 0 Å². The lowest BCUT2D eigenvalue weighted by molar-refractivity contribution is 0.280. The van der Waals surface area contributed by atoms with Crippen molar-refractivity contribution in [3.05, 3.63) is 29.3 Å². The molecule has 0 spiro atoms. The second kappa shape index (κ2) is 5.09. The SMILES string of the molecule is Cc1ccc(C(C)C)cc1NCC1CC(N)C1. The zero-order valence-electron chi connectivity index (χ0n) is 11.2. The van der Waals surface area contributed by atoms with Crippen molar-refractivity contribution in [1.82, 2.24) is 0 Å². The Balaban J connectivity index is 1.96. The molecule has 3 N–H and O–H groups in total. The van der Waals surface area contributed by atoms with E-state index in [1.165, 1.54) is 29.7 Å². The molecule has 0 bridgehead atoms. The summed E-state index contributed by atoms with van der Waals surface area (Å²) in [6, 6.07) is 7.18. The molecule has 2 heteroatoms. The Hall–Kier alpha value is -1.02. The Kier molecular flexibility index (Phi) is 3.72. The smallest absolute Gasteiger partial charge is 0.0372 e. The number of nitrogens with two attached hydrogens (primary N) is 1. The van der Waals surface area contributed by atoms with Crippen molar-refractivity contribution in [1.29, 1.82) is 0 Å². The standard InChI is InChI=1S/C15H24N2/c1-10(2)13-5-4-11(3)15(8-13)17-9-12-6-14(16)7-12/h4-5,8,10,12,14,17H,6-7,9,16H2,1-3H3. The molecule has 0 radical (unpaired) electrons. The van der Waals surface area contributed by atoms with Gasteiger partial charge < -0.3 is 11.1 Å². The third-order valence-electron chi connectivity index (χ3n) is 3.78. The molecule has 1 saturated carbocycles. The maximum atomic E-state index is 5.80. The van der Waals surface area contributed by atoms with Crippen LogP contribution in [-0.4, -0.2) is 12.6 Å². The molecule has 1 aromatic rings. The molecule has 0 aromatic heterocycles. The fourth-order valence-corrected chi connectivity index (χ4v) is 2.40. The molecule has 0 heterocycles. The van der Waals surface area contributed by atoms with Crippen LogP contribution in [0.2, 0.25) is 0 Å². The summed E-state index contributed by atoms with van der Waals surface area (Å²) in [4.78, 5) is 0. The first kappa shape index (κ1) is 12.4. The average molecular weight is 232 g/mol. The molecule has 0 aliphatic heterocycles. The highest BCUT2D eigenvalue weighted by Gasteiger charge is 2.25. The molecule has 0 atom stereocenters. The van der Waals surface area contributed by atoms with Crippen molar-refractivity contribution in [3.63, 3.8) is 0 Å². The van der Waals surface area contributed by atoms with E-state index < -0.39 is 0 Å². The summed E-state index contributed by atoms with van der Waals surface area (Å²) in [5.41, 5.74) is 9.83. The zero-order valence-corrected chi connectivity index (χ0v) is 11.2. The largest absolute Gasteiger partial charge is 0.385 e. The van der Waals surface area contributed by atoms with E-state index in [1.54, 1.807) is 0 Å². The number of rotatable bonds is 4. The quantitative estimate of drug-likeness (QED) is 0.836. The van der Waals surface area contributed by atoms with Crippen molar-refractivity contribution in [3.8, 4) is 0 Å². The maximum absolute atomic E-state index is 5.80. The molecule has 94 valence electrons. The second-order valence-electron chi connectivity index (χ2n) is 5.71. The fraction of sp³-hybridized carbons (Fsp3) is 0.600. The van der Waals surface area contributed by atoms with Gasteiger partial charge in [-0.1, -0.05) is 26.0 Å². The summed E-state index contributed by atoms with van der Waals surface area (Å²) in [5, 5.41) is 3.58. The molecular weight excluding hydrogens is 208 g/mol. The Bertz CT molecular complexity index is 379. The van der Waals surface area contributed by atoms with Crippen molar-refractivity contribution in [2.24, 2.45) is 11.7 Å². The van der Waals surface area contributed by atoms with Gasteiger partial charge in [-0.15, -0.1) is 0 Å². The molecule has 0 amide bonds. The number of hydrogen-bond acceptors (Lipinski definition) is 2. The van der Waals surface area contributed by atoms with Gasteiger partial charge in [0.05, 0.1) is 0 Å². The van der Waals surface area contributed by atoms with E-state index in [1.807, 2.05) is 0 Å². The van der Waals surface area contributed by atoms with Crippen LogP contribution >= 0.6 is 0 Å². The van der Waals surface area contributed by atoms with Gasteiger partial charge in [0.15, 0.2) is 0 Å². The summed E-state index contributed by atoms with van der Waals surface area (Å²) in [6.07, 6.45) is 2.35. The van der Waals surface area contributed by atoms with E-state index in [4.69, 9.17) is 5.73 Å². The van der Waals surface area contributed by atoms with Crippen LogP contribution < -0.4 is 11.1 Å². The van der Waals surface area contributed by atoms with Crippen LogP contribution in [0.25, 0.3) is 0 Å². The predicted molar refractivity (Wildman–Crippen MR) is 74.5 cm³/mol. The van der Waals surface area contributed by atoms with Crippen LogP contribution in [0.1, 0.15) is 43.7 Å². The summed E-state index contributed by atoms with van der Waals surface area (Å²) in [6.45, 7) is 7.70. The summed E-state index contributed by atoms with van der Waals surface area (Å²) in [5.74, 6) is 1.36. The Morgan fingerprint density at radius 3 is 2.65 bits per heavy atom. The predicted octanol–water partition coefficient (Wildman–Crippen LogP) is 3.27. The molecule has 0 unspecified atom stereocenters. The highest BCUT2D eigenvalue weighted by Crippen LogP contribution is 2.27. The Morgan fingerprint density at radius 2 is 2.06 bits per heavy atom. The van der Waals surface area contributed by atoms with Gasteiger partial charge in [0.25, 0.3) is 0 Å². The molecule has 17 heavy (non-hydrogen) atoms. The Labute approximate surface area is 105 Å². The lowest BCUT2D eigenvalue weighted by Gasteiger charge is -2.33. The normalized spacial score (nSPS) is 23.6. The lowest BCUT2D eigenvalue weighted by Crippen LogP contribution is -2.39. The monoisotopic (exact) mass is 232 g/mol. The van der Waals surface area contributed by atoms with Crippen molar-refractivity contribution in [2.75, 3.05) is 11.9 Å². The van der Waals surface area contributed by atoms with Gasteiger partial charge in [-0.2, -0.15) is 0 Å². The molecule has 0 saturated heterocycles. The summed E-state index contributed by atoms with van der Waals surface area (Å²) < 4.78 is 0. The van der Waals surface area contributed by atoms with Gasteiger partial charge in [0.1, 0.15) is 0 Å². The first-order chi connectivity index (χ1) is 8.06. The van der Waals surface area contributed by atoms with Gasteiger partial charge >= 0.3 is 0 Å². The number of nitrogens with one attached hydrogen (secondary N) is 1. The average Bonchev–Trinajstić information content (AvgIpc) is 2.24. The van der Waals surface area contributed by atoms with E-state index >= 15 is 0 Å². The van der Waals surface area contributed by atoms with Crippen LogP contribution in [0.5, 0.6) is 0 Å². The molecule has 1 aliphatic rings. The third-order valence-corrected chi connectivity index (χ3v) is 3.78. The zero-order chi connectivity index (χ0) is 12.4. The first-order valence-corrected chi connectivity index (χ1v) is 6.66. The van der Waals surface area contributed by atoms with Gasteiger partial charge in [0, 0.05) is 18.3 Å². The molecule has 2 rings (SSSR count). The minimum absolute atomic E-state index is 0.449. The van der Waals surface area contributed by atoms with E-state index in [2.05, 4.69) is 44.3 Å². The first-order valence-electron chi connectivity index (χ1n) is 6.66. The fourth-order valence-electron chi connectivity index (χ4n) is 2.40. The molecular formula is C15H24N2. The molecule has 1 aliphatic carbocycles. The molecule has 1 fully saturated rings. The topological polar surface area (TPSA) is 38.0 Å². The molecule has 2 nitrogen and oxygen atoms in total. The van der Waals surface area contributed by atoms with E-state index in [-0.39, 0.29) is 0 Å². The number of hydrogen-bond donors (Lipinski definition) is 2. The van der Waals surface area contributed by atoms with Crippen LogP contribution in [0.15, 0.2) is 18.2 Å². The second-order valence-corrected chi connectivity index (χ2v) is 5.71. The third kappa shape index (κ3) is 3.01. The highest BCUT2D eigenvalue weighted by atomic mass is 14.9. The van der Waals surface area contributed by atoms with E-state index in [9.17, 15) is 0 Å². The maximum Gasteiger partial charge on any atom is 0.0372 e. The van der Waals surface area contributed by atoms with Crippen LogP contribution in [0, 0.1) is 12.8 Å². The minimum Gasteiger partial charge on any atom is -0.385 e. The summed E-state index contributed by atoms with van der Waals surface area (Å²) >= 11 is 0. The number of anilines is 1. The molecule has 1 aromatic carbocycles. The van der Waals surface area contributed by atoms with Gasteiger partial charge in [-0.25, -0.2) is 0 Å². The summed E-state index contributed by atoms with van der Waals surface area (Å²) in [7, 11) is 0. The van der Waals surface area contributed by atoms with E-state index in [0.717, 1.165) is 12.5 Å². The van der Waals surface area contributed by atoms with Gasteiger partial charge in [-0.3, -0.25) is 0 Å². The van der Waals surface area contributed by atoms with Crippen LogP contribution in [-0.2, 0) is 0 Å². The number of aryl methyl sites for hydroxylation is 1. The number of benzene rings is 1. The van der Waals surface area contributed by atoms with Crippen LogP contribution in [0.4, 0.5) is 5.69 Å². The van der Waals surface area contributed by atoms with Crippen molar-refractivity contribution in [2.45, 2.75) is 45.6 Å². The van der Waals surface area contributed by atoms with Crippen molar-refractivity contribution >= 4 is 5.69 Å². The minimum atomic E-state index is 0.449. The van der Waals surface area contributed by atoms with E-state index in [0.29, 0.717) is 12.0 Å². The van der Waals surface area contributed by atoms with Crippen LogP contribution in [0.3, 0.4) is 0 Å². The Morgan fingerprint density at radius 1 is 1.35 bits per heavy atom. The lowest BCUT2D eigenvalue weighted by atomic mass is 9.81. The van der Waals surface area contributed by atoms with Gasteiger partial charge in [0.2, 0.25) is 0 Å².